The molecular formula is C19H21N3O2S. The van der Waals surface area contributed by atoms with E-state index in [9.17, 15) is 4.79 Å². The fourth-order valence-corrected chi connectivity index (χ4v) is 3.00. The van der Waals surface area contributed by atoms with E-state index in [1.165, 1.54) is 11.6 Å². The first-order valence-electron chi connectivity index (χ1n) is 8.28. The molecule has 1 N–H and O–H groups in total. The first-order valence-corrected chi connectivity index (χ1v) is 8.69. The molecule has 1 fully saturated rings. The monoisotopic (exact) mass is 355 g/mol. The van der Waals surface area contributed by atoms with Crippen LogP contribution in [-0.2, 0) is 11.3 Å². The normalized spacial score (nSPS) is 15.4. The number of carbonyl (C=O) groups excluding carboxylic acids is 1. The van der Waals surface area contributed by atoms with Gasteiger partial charge in [-0.25, -0.2) is 0 Å². The molecule has 0 radical (unpaired) electrons. The number of furan rings is 1. The van der Waals surface area contributed by atoms with Gasteiger partial charge in [0.2, 0.25) is 5.91 Å². The quantitative estimate of drug-likeness (QED) is 0.675. The number of carbonyl (C=O) groups is 1. The Morgan fingerprint density at radius 2 is 1.88 bits per heavy atom. The molecule has 0 atom stereocenters. The van der Waals surface area contributed by atoms with E-state index in [4.69, 9.17) is 16.6 Å². The lowest BCUT2D eigenvalue weighted by Crippen LogP contribution is -2.52. The maximum Gasteiger partial charge on any atom is 0.250 e. The Kier molecular flexibility index (Phi) is 5.98. The summed E-state index contributed by atoms with van der Waals surface area (Å²) in [6.07, 6.45) is 4.61. The number of nitrogens with zero attached hydrogens (tertiary/aromatic N) is 2. The average molecular weight is 355 g/mol. The van der Waals surface area contributed by atoms with Gasteiger partial charge in [-0.2, -0.15) is 0 Å². The van der Waals surface area contributed by atoms with Gasteiger partial charge in [-0.1, -0.05) is 30.3 Å². The topological polar surface area (TPSA) is 48.7 Å². The van der Waals surface area contributed by atoms with E-state index in [-0.39, 0.29) is 5.91 Å². The summed E-state index contributed by atoms with van der Waals surface area (Å²) in [5, 5.41) is 3.23. The van der Waals surface area contributed by atoms with Crippen LogP contribution in [-0.4, -0.2) is 47.0 Å². The number of piperazine rings is 1. The summed E-state index contributed by atoms with van der Waals surface area (Å²) in [4.78, 5) is 16.4. The molecule has 0 aliphatic carbocycles. The molecule has 2 aromatic rings. The third-order valence-electron chi connectivity index (χ3n) is 4.08. The average Bonchev–Trinajstić information content (AvgIpc) is 3.15. The minimum atomic E-state index is -0.242. The molecule has 1 aromatic heterocycles. The highest BCUT2D eigenvalue weighted by atomic mass is 32.1. The van der Waals surface area contributed by atoms with Crippen molar-refractivity contribution < 1.29 is 9.21 Å². The molecule has 1 aliphatic rings. The highest BCUT2D eigenvalue weighted by Gasteiger charge is 2.19. The Morgan fingerprint density at radius 3 is 2.56 bits per heavy atom. The van der Waals surface area contributed by atoms with Crippen LogP contribution in [0.2, 0.25) is 0 Å². The summed E-state index contributed by atoms with van der Waals surface area (Å²) in [5.41, 5.74) is 1.31. The van der Waals surface area contributed by atoms with Gasteiger partial charge in [0, 0.05) is 38.8 Å². The van der Waals surface area contributed by atoms with Crippen LogP contribution in [0.15, 0.2) is 59.2 Å². The number of benzene rings is 1. The smallest absolute Gasteiger partial charge is 0.250 e. The molecule has 0 bridgehead atoms. The number of hydrogen-bond acceptors (Lipinski definition) is 4. The molecule has 2 heterocycles. The molecule has 6 heteroatoms. The van der Waals surface area contributed by atoms with Gasteiger partial charge in [0.1, 0.15) is 5.76 Å². The van der Waals surface area contributed by atoms with Crippen molar-refractivity contribution in [1.29, 1.82) is 0 Å². The molecule has 1 saturated heterocycles. The molecule has 0 unspecified atom stereocenters. The van der Waals surface area contributed by atoms with E-state index in [1.54, 1.807) is 24.5 Å². The van der Waals surface area contributed by atoms with Gasteiger partial charge in [0.05, 0.1) is 6.26 Å². The van der Waals surface area contributed by atoms with Crippen molar-refractivity contribution in [3.8, 4) is 0 Å². The van der Waals surface area contributed by atoms with E-state index >= 15 is 0 Å². The number of hydrogen-bond donors (Lipinski definition) is 1. The molecule has 1 aliphatic heterocycles. The maximum atomic E-state index is 11.9. The Bertz CT molecular complexity index is 720. The number of nitrogens with one attached hydrogen (secondary N) is 1. The second kappa shape index (κ2) is 8.60. The Hall–Kier alpha value is -2.44. The lowest BCUT2D eigenvalue weighted by atomic mass is 10.2. The molecular weight excluding hydrogens is 334 g/mol. The van der Waals surface area contributed by atoms with Gasteiger partial charge in [-0.3, -0.25) is 15.0 Å². The van der Waals surface area contributed by atoms with Crippen LogP contribution >= 0.6 is 12.2 Å². The van der Waals surface area contributed by atoms with E-state index in [1.807, 2.05) is 11.0 Å². The van der Waals surface area contributed by atoms with Crippen molar-refractivity contribution in [3.63, 3.8) is 0 Å². The predicted octanol–water partition coefficient (Wildman–Crippen LogP) is 2.51. The van der Waals surface area contributed by atoms with Crippen LogP contribution in [0.25, 0.3) is 6.08 Å². The predicted molar refractivity (Wildman–Crippen MR) is 102 cm³/mol. The molecule has 1 amide bonds. The lowest BCUT2D eigenvalue weighted by molar-refractivity contribution is -0.115. The van der Waals surface area contributed by atoms with Crippen LogP contribution in [0.1, 0.15) is 11.3 Å². The second-order valence-electron chi connectivity index (χ2n) is 5.89. The van der Waals surface area contributed by atoms with Crippen LogP contribution in [0.4, 0.5) is 0 Å². The van der Waals surface area contributed by atoms with Crippen molar-refractivity contribution in [2.45, 2.75) is 6.54 Å². The van der Waals surface area contributed by atoms with Crippen molar-refractivity contribution in [2.24, 2.45) is 0 Å². The Balaban J connectivity index is 1.43. The summed E-state index contributed by atoms with van der Waals surface area (Å²) in [7, 11) is 0. The SMILES string of the molecule is O=C(/C=C/c1ccco1)NC(=S)N1CCN(Cc2ccccc2)CC1. The van der Waals surface area contributed by atoms with Crippen molar-refractivity contribution >= 4 is 29.3 Å². The Labute approximate surface area is 152 Å². The van der Waals surface area contributed by atoms with Crippen molar-refractivity contribution in [1.82, 2.24) is 15.1 Å². The van der Waals surface area contributed by atoms with Gasteiger partial charge < -0.3 is 9.32 Å². The van der Waals surface area contributed by atoms with E-state index in [0.29, 0.717) is 10.9 Å². The molecule has 130 valence electrons. The zero-order valence-electron chi connectivity index (χ0n) is 13.9. The molecule has 1 aromatic carbocycles. The molecule has 5 nitrogen and oxygen atoms in total. The van der Waals surface area contributed by atoms with Crippen LogP contribution in [0.5, 0.6) is 0 Å². The number of thiocarbonyl (C=S) groups is 1. The van der Waals surface area contributed by atoms with E-state index in [0.717, 1.165) is 32.7 Å². The standard InChI is InChI=1S/C19H21N3O2S/c23-18(9-8-17-7-4-14-24-17)20-19(25)22-12-10-21(11-13-22)15-16-5-2-1-3-6-16/h1-9,14H,10-13,15H2,(H,20,23,25)/b9-8+. The van der Waals surface area contributed by atoms with Gasteiger partial charge in [-0.15, -0.1) is 0 Å². The summed E-state index contributed by atoms with van der Waals surface area (Å²) < 4.78 is 5.15. The van der Waals surface area contributed by atoms with E-state index < -0.39 is 0 Å². The van der Waals surface area contributed by atoms with Gasteiger partial charge >= 0.3 is 0 Å². The zero-order chi connectivity index (χ0) is 17.5. The van der Waals surface area contributed by atoms with Crippen LogP contribution < -0.4 is 5.32 Å². The van der Waals surface area contributed by atoms with Crippen LogP contribution in [0.3, 0.4) is 0 Å². The fraction of sp³-hybridized carbons (Fsp3) is 0.263. The molecule has 0 spiro atoms. The maximum absolute atomic E-state index is 11.9. The fourth-order valence-electron chi connectivity index (χ4n) is 2.72. The molecule has 25 heavy (non-hydrogen) atoms. The third-order valence-corrected chi connectivity index (χ3v) is 4.44. The molecule has 0 saturated carbocycles. The third kappa shape index (κ3) is 5.27. The van der Waals surface area contributed by atoms with Gasteiger partial charge in [0.25, 0.3) is 0 Å². The molecule has 3 rings (SSSR count). The summed E-state index contributed by atoms with van der Waals surface area (Å²) >= 11 is 5.35. The number of amides is 1. The Morgan fingerprint density at radius 1 is 1.12 bits per heavy atom. The lowest BCUT2D eigenvalue weighted by Gasteiger charge is -2.35. The number of rotatable bonds is 4. The minimum absolute atomic E-state index is 0.242. The van der Waals surface area contributed by atoms with Crippen LogP contribution in [0, 0.1) is 0 Å². The largest absolute Gasteiger partial charge is 0.465 e. The van der Waals surface area contributed by atoms with Crippen molar-refractivity contribution in [3.05, 3.63) is 66.1 Å². The second-order valence-corrected chi connectivity index (χ2v) is 6.28. The van der Waals surface area contributed by atoms with Crippen molar-refractivity contribution in [2.75, 3.05) is 26.2 Å². The first kappa shape index (κ1) is 17.4. The first-order chi connectivity index (χ1) is 12.2. The summed E-state index contributed by atoms with van der Waals surface area (Å²) in [5.74, 6) is 0.392. The summed E-state index contributed by atoms with van der Waals surface area (Å²) in [6, 6.07) is 14.0. The van der Waals surface area contributed by atoms with E-state index in [2.05, 4.69) is 34.5 Å². The minimum Gasteiger partial charge on any atom is -0.465 e. The van der Waals surface area contributed by atoms with Gasteiger partial charge in [-0.05, 0) is 36.0 Å². The van der Waals surface area contributed by atoms with Gasteiger partial charge in [0.15, 0.2) is 5.11 Å². The highest BCUT2D eigenvalue weighted by molar-refractivity contribution is 7.80. The highest BCUT2D eigenvalue weighted by Crippen LogP contribution is 2.08. The summed E-state index contributed by atoms with van der Waals surface area (Å²) in [6.45, 7) is 4.42. The zero-order valence-corrected chi connectivity index (χ0v) is 14.7.